The van der Waals surface area contributed by atoms with Crippen molar-refractivity contribution < 1.29 is 28.2 Å². The van der Waals surface area contributed by atoms with Crippen LogP contribution in [0, 0.1) is 11.6 Å². The summed E-state index contributed by atoms with van der Waals surface area (Å²) in [6.45, 7) is -0.0809. The third-order valence-electron chi connectivity index (χ3n) is 4.19. The molecule has 5 nitrogen and oxygen atoms in total. The number of pyridine rings is 1. The molecule has 26 heavy (non-hydrogen) atoms. The molecule has 0 amide bonds. The molecule has 1 fully saturated rings. The number of ether oxygens (including phenoxy) is 2. The first-order valence-electron chi connectivity index (χ1n) is 8.50. The molecule has 0 saturated heterocycles. The van der Waals surface area contributed by atoms with Crippen molar-refractivity contribution in [1.29, 1.82) is 0 Å². The number of aromatic nitrogens is 1. The number of hydrogen-bond donors (Lipinski definition) is 1. The van der Waals surface area contributed by atoms with Gasteiger partial charge in [0, 0.05) is 18.2 Å². The Morgan fingerprint density at radius 3 is 2.62 bits per heavy atom. The van der Waals surface area contributed by atoms with Crippen LogP contribution in [0.3, 0.4) is 0 Å². The van der Waals surface area contributed by atoms with Gasteiger partial charge in [-0.1, -0.05) is 0 Å². The van der Waals surface area contributed by atoms with E-state index in [1.807, 2.05) is 0 Å². The lowest BCUT2D eigenvalue weighted by Gasteiger charge is -2.26. The first-order chi connectivity index (χ1) is 12.5. The van der Waals surface area contributed by atoms with Gasteiger partial charge in [0.25, 0.3) is 0 Å². The molecule has 1 aromatic heterocycles. The lowest BCUT2D eigenvalue weighted by molar-refractivity contribution is -0.137. The molecule has 0 bridgehead atoms. The van der Waals surface area contributed by atoms with Gasteiger partial charge in [-0.3, -0.25) is 4.79 Å². The minimum atomic E-state index is -0.986. The summed E-state index contributed by atoms with van der Waals surface area (Å²) >= 11 is 0. The molecule has 3 rings (SSSR count). The minimum absolute atomic E-state index is 0.0809. The Kier molecular flexibility index (Phi) is 5.65. The van der Waals surface area contributed by atoms with Gasteiger partial charge >= 0.3 is 5.97 Å². The van der Waals surface area contributed by atoms with E-state index in [4.69, 9.17) is 14.6 Å². The highest BCUT2D eigenvalue weighted by Crippen LogP contribution is 2.35. The maximum absolute atomic E-state index is 14.3. The number of carboxylic acid groups (broad SMARTS) is 1. The molecule has 0 atom stereocenters. The van der Waals surface area contributed by atoms with Crippen molar-refractivity contribution >= 4 is 5.97 Å². The summed E-state index contributed by atoms with van der Waals surface area (Å²) in [6.07, 6.45) is 4.70. The molecule has 0 radical (unpaired) electrons. The number of carbonyl (C=O) groups is 1. The number of halogens is 2. The molecule has 0 unspecified atom stereocenters. The summed E-state index contributed by atoms with van der Waals surface area (Å²) in [6, 6.07) is 5.71. The second-order valence-electron chi connectivity index (χ2n) is 6.14. The highest BCUT2D eigenvalue weighted by molar-refractivity contribution is 5.69. The van der Waals surface area contributed by atoms with Crippen molar-refractivity contribution in [2.75, 3.05) is 6.61 Å². The van der Waals surface area contributed by atoms with E-state index in [2.05, 4.69) is 4.98 Å². The number of hydrogen-bond acceptors (Lipinski definition) is 4. The number of carboxylic acids is 1. The maximum Gasteiger partial charge on any atom is 0.303 e. The zero-order chi connectivity index (χ0) is 18.5. The van der Waals surface area contributed by atoms with Crippen LogP contribution in [0.5, 0.6) is 11.6 Å². The number of nitrogens with zero attached hydrogens (tertiary/aromatic N) is 1. The topological polar surface area (TPSA) is 68.7 Å². The minimum Gasteiger partial charge on any atom is -0.488 e. The molecule has 1 N–H and O–H groups in total. The molecule has 0 aliphatic heterocycles. The summed E-state index contributed by atoms with van der Waals surface area (Å²) in [7, 11) is 0. The van der Waals surface area contributed by atoms with Gasteiger partial charge in [-0.25, -0.2) is 13.8 Å². The van der Waals surface area contributed by atoms with Gasteiger partial charge in [-0.15, -0.1) is 0 Å². The summed E-state index contributed by atoms with van der Waals surface area (Å²) in [5.41, 5.74) is 0.815. The lowest BCUT2D eigenvalue weighted by atomic mass is 9.96. The lowest BCUT2D eigenvalue weighted by Crippen LogP contribution is -2.25. The van der Waals surface area contributed by atoms with E-state index >= 15 is 0 Å². The first-order valence-corrected chi connectivity index (χ1v) is 8.50. The van der Waals surface area contributed by atoms with Crippen LogP contribution in [0.15, 0.2) is 30.5 Å². The quantitative estimate of drug-likeness (QED) is 0.712. The summed E-state index contributed by atoms with van der Waals surface area (Å²) in [5, 5.41) is 8.57. The van der Waals surface area contributed by atoms with E-state index < -0.39 is 23.4 Å². The fraction of sp³-hybridized carbons (Fsp3) is 0.368. The third-order valence-corrected chi connectivity index (χ3v) is 4.19. The second kappa shape index (κ2) is 8.12. The number of aliphatic carboxylic acids is 1. The third kappa shape index (κ3) is 4.28. The van der Waals surface area contributed by atoms with Crippen LogP contribution in [-0.2, 0) is 4.79 Å². The van der Waals surface area contributed by atoms with Crippen molar-refractivity contribution in [3.8, 4) is 22.8 Å². The van der Waals surface area contributed by atoms with Crippen LogP contribution in [0.4, 0.5) is 8.78 Å². The molecular formula is C19H19F2NO4. The maximum atomic E-state index is 14.3. The molecule has 1 aliphatic carbocycles. The van der Waals surface area contributed by atoms with Gasteiger partial charge in [0.2, 0.25) is 5.88 Å². The second-order valence-corrected chi connectivity index (χ2v) is 6.14. The van der Waals surface area contributed by atoms with Gasteiger partial charge in [-0.2, -0.15) is 0 Å². The molecule has 1 saturated carbocycles. The standard InChI is InChI=1S/C19H19F2NO4/c20-15-10-12(11-16(21)18(15)25-9-3-7-17(23)24)14-6-2-8-22-19(14)26-13-4-1-5-13/h2,6,8,10-11,13H,1,3-5,7,9H2,(H,23,24). The SMILES string of the molecule is O=C(O)CCCOc1c(F)cc(-c2cccnc2OC2CCC2)cc1F. The Morgan fingerprint density at radius 1 is 1.27 bits per heavy atom. The largest absolute Gasteiger partial charge is 0.488 e. The molecule has 0 spiro atoms. The average Bonchev–Trinajstić information content (AvgIpc) is 2.56. The van der Waals surface area contributed by atoms with Crippen molar-refractivity contribution in [3.63, 3.8) is 0 Å². The zero-order valence-corrected chi connectivity index (χ0v) is 14.1. The zero-order valence-electron chi connectivity index (χ0n) is 14.1. The Morgan fingerprint density at radius 2 is 2.00 bits per heavy atom. The smallest absolute Gasteiger partial charge is 0.303 e. The molecule has 2 aromatic rings. The molecule has 138 valence electrons. The summed E-state index contributed by atoms with van der Waals surface area (Å²) < 4.78 is 39.5. The predicted octanol–water partition coefficient (Wildman–Crippen LogP) is 4.20. The van der Waals surface area contributed by atoms with Gasteiger partial charge in [0.1, 0.15) is 6.10 Å². The first kappa shape index (κ1) is 18.1. The van der Waals surface area contributed by atoms with Gasteiger partial charge < -0.3 is 14.6 Å². The normalized spacial score (nSPS) is 13.9. The van der Waals surface area contributed by atoms with Crippen LogP contribution in [0.2, 0.25) is 0 Å². The fourth-order valence-electron chi connectivity index (χ4n) is 2.60. The van der Waals surface area contributed by atoms with Crippen LogP contribution in [-0.4, -0.2) is 28.8 Å². The van der Waals surface area contributed by atoms with Crippen LogP contribution in [0.25, 0.3) is 11.1 Å². The summed E-state index contributed by atoms with van der Waals surface area (Å²) in [4.78, 5) is 14.6. The fourth-order valence-corrected chi connectivity index (χ4v) is 2.60. The van der Waals surface area contributed by atoms with E-state index in [0.29, 0.717) is 17.0 Å². The van der Waals surface area contributed by atoms with Crippen molar-refractivity contribution in [3.05, 3.63) is 42.1 Å². The van der Waals surface area contributed by atoms with E-state index in [0.717, 1.165) is 19.3 Å². The highest BCUT2D eigenvalue weighted by Gasteiger charge is 2.22. The molecule has 1 heterocycles. The number of rotatable bonds is 8. The Hall–Kier alpha value is -2.70. The Bertz CT molecular complexity index is 770. The van der Waals surface area contributed by atoms with Gasteiger partial charge in [0.05, 0.1) is 6.61 Å². The van der Waals surface area contributed by atoms with E-state index in [9.17, 15) is 13.6 Å². The molecular weight excluding hydrogens is 344 g/mol. The Balaban J connectivity index is 1.78. The van der Waals surface area contributed by atoms with E-state index in [-0.39, 0.29) is 25.6 Å². The van der Waals surface area contributed by atoms with Crippen molar-refractivity contribution in [2.24, 2.45) is 0 Å². The highest BCUT2D eigenvalue weighted by atomic mass is 19.1. The van der Waals surface area contributed by atoms with Crippen molar-refractivity contribution in [1.82, 2.24) is 4.98 Å². The number of benzene rings is 1. The van der Waals surface area contributed by atoms with E-state index in [1.54, 1.807) is 18.3 Å². The average molecular weight is 363 g/mol. The van der Waals surface area contributed by atoms with Crippen molar-refractivity contribution in [2.45, 2.75) is 38.2 Å². The molecule has 1 aliphatic rings. The van der Waals surface area contributed by atoms with Crippen LogP contribution < -0.4 is 9.47 Å². The summed E-state index contributed by atoms with van der Waals surface area (Å²) in [5.74, 6) is -2.85. The molecule has 7 heteroatoms. The molecule has 1 aromatic carbocycles. The Labute approximate surface area is 149 Å². The van der Waals surface area contributed by atoms with Gasteiger partial charge in [0.15, 0.2) is 17.4 Å². The van der Waals surface area contributed by atoms with Crippen LogP contribution in [0.1, 0.15) is 32.1 Å². The van der Waals surface area contributed by atoms with Crippen LogP contribution >= 0.6 is 0 Å². The van der Waals surface area contributed by atoms with Gasteiger partial charge in [-0.05, 0) is 55.5 Å². The predicted molar refractivity (Wildman–Crippen MR) is 90.2 cm³/mol. The van der Waals surface area contributed by atoms with E-state index in [1.165, 1.54) is 12.1 Å². The monoisotopic (exact) mass is 363 g/mol.